The van der Waals surface area contributed by atoms with Gasteiger partial charge in [-0.15, -0.1) is 11.3 Å². The molecule has 0 aliphatic heterocycles. The Morgan fingerprint density at radius 1 is 1.37 bits per heavy atom. The van der Waals surface area contributed by atoms with Gasteiger partial charge in [-0.05, 0) is 24.3 Å². The van der Waals surface area contributed by atoms with Gasteiger partial charge in [0.05, 0.1) is 27.5 Å². The summed E-state index contributed by atoms with van der Waals surface area (Å²) >= 11 is 7.74. The number of nitrogens with zero attached hydrogens (tertiary/aromatic N) is 2. The molecule has 0 bridgehead atoms. The Bertz CT molecular complexity index is 772. The standard InChI is InChI=1S/C13H8ClN3OS/c14-10-3-4-11-13(17-7-19-11)12(10)16-6-9-2-1-8(5-15)18-9/h1-4,7,16H,6H2. The zero-order chi connectivity index (χ0) is 13.2. The average Bonchev–Trinajstić information content (AvgIpc) is 3.05. The predicted molar refractivity (Wildman–Crippen MR) is 75.4 cm³/mol. The molecule has 1 N–H and O–H groups in total. The first-order valence-electron chi connectivity index (χ1n) is 5.52. The predicted octanol–water partition coefficient (Wildman–Crippen LogP) is 4.03. The first-order valence-corrected chi connectivity index (χ1v) is 6.78. The number of thiazole rings is 1. The van der Waals surface area contributed by atoms with Crippen LogP contribution in [-0.2, 0) is 6.54 Å². The fourth-order valence-electron chi connectivity index (χ4n) is 1.78. The molecule has 4 nitrogen and oxygen atoms in total. The number of nitrogens with one attached hydrogen (secondary N) is 1. The highest BCUT2D eigenvalue weighted by atomic mass is 35.5. The molecule has 94 valence electrons. The summed E-state index contributed by atoms with van der Waals surface area (Å²) in [4.78, 5) is 4.30. The van der Waals surface area contributed by atoms with Crippen molar-refractivity contribution in [3.05, 3.63) is 46.3 Å². The van der Waals surface area contributed by atoms with E-state index in [9.17, 15) is 0 Å². The number of nitriles is 1. The van der Waals surface area contributed by atoms with Crippen molar-refractivity contribution in [1.82, 2.24) is 4.98 Å². The van der Waals surface area contributed by atoms with Crippen LogP contribution >= 0.6 is 22.9 Å². The van der Waals surface area contributed by atoms with E-state index >= 15 is 0 Å². The van der Waals surface area contributed by atoms with Crippen molar-refractivity contribution in [3.63, 3.8) is 0 Å². The summed E-state index contributed by atoms with van der Waals surface area (Å²) < 4.78 is 6.38. The number of furan rings is 1. The molecule has 0 radical (unpaired) electrons. The summed E-state index contributed by atoms with van der Waals surface area (Å²) in [5.41, 5.74) is 3.42. The van der Waals surface area contributed by atoms with Gasteiger partial charge in [-0.2, -0.15) is 5.26 Å². The van der Waals surface area contributed by atoms with Gasteiger partial charge in [-0.1, -0.05) is 11.6 Å². The van der Waals surface area contributed by atoms with Crippen molar-refractivity contribution in [3.8, 4) is 6.07 Å². The summed E-state index contributed by atoms with van der Waals surface area (Å²) in [5, 5.41) is 12.5. The van der Waals surface area contributed by atoms with Crippen LogP contribution in [0.1, 0.15) is 11.5 Å². The SMILES string of the molecule is N#Cc1ccc(CNc2c(Cl)ccc3scnc23)o1. The molecule has 0 fully saturated rings. The van der Waals surface area contributed by atoms with Gasteiger partial charge in [0.1, 0.15) is 17.3 Å². The third-order valence-electron chi connectivity index (χ3n) is 2.66. The zero-order valence-corrected chi connectivity index (χ0v) is 11.3. The average molecular weight is 290 g/mol. The number of aromatic nitrogens is 1. The second kappa shape index (κ2) is 4.92. The van der Waals surface area contributed by atoms with E-state index in [2.05, 4.69) is 10.3 Å². The lowest BCUT2D eigenvalue weighted by Crippen LogP contribution is -1.99. The highest BCUT2D eigenvalue weighted by Gasteiger charge is 2.09. The van der Waals surface area contributed by atoms with Crippen molar-refractivity contribution in [2.45, 2.75) is 6.54 Å². The van der Waals surface area contributed by atoms with Gasteiger partial charge < -0.3 is 9.73 Å². The second-order valence-electron chi connectivity index (χ2n) is 3.85. The van der Waals surface area contributed by atoms with Crippen LogP contribution in [-0.4, -0.2) is 4.98 Å². The molecular formula is C13H8ClN3OS. The van der Waals surface area contributed by atoms with Crippen LogP contribution in [0.3, 0.4) is 0 Å². The first-order chi connectivity index (χ1) is 9.28. The van der Waals surface area contributed by atoms with Crippen LogP contribution in [0.4, 0.5) is 5.69 Å². The summed E-state index contributed by atoms with van der Waals surface area (Å²) in [6.07, 6.45) is 0. The van der Waals surface area contributed by atoms with E-state index in [4.69, 9.17) is 21.3 Å². The van der Waals surface area contributed by atoms with Crippen LogP contribution in [0.2, 0.25) is 5.02 Å². The van der Waals surface area contributed by atoms with E-state index in [0.29, 0.717) is 23.1 Å². The smallest absolute Gasteiger partial charge is 0.203 e. The van der Waals surface area contributed by atoms with Crippen LogP contribution in [0, 0.1) is 11.3 Å². The van der Waals surface area contributed by atoms with Crippen molar-refractivity contribution >= 4 is 38.8 Å². The molecule has 3 aromatic rings. The molecular weight excluding hydrogens is 282 g/mol. The molecule has 0 atom stereocenters. The third kappa shape index (κ3) is 2.28. The van der Waals surface area contributed by atoms with Crippen LogP contribution < -0.4 is 5.32 Å². The fourth-order valence-corrected chi connectivity index (χ4v) is 2.69. The zero-order valence-electron chi connectivity index (χ0n) is 9.68. The minimum Gasteiger partial charge on any atom is -0.449 e. The molecule has 2 aromatic heterocycles. The Hall–Kier alpha value is -2.03. The normalized spacial score (nSPS) is 10.5. The summed E-state index contributed by atoms with van der Waals surface area (Å²) in [7, 11) is 0. The minimum atomic E-state index is 0.301. The Morgan fingerprint density at radius 2 is 2.26 bits per heavy atom. The lowest BCUT2D eigenvalue weighted by atomic mass is 10.3. The summed E-state index contributed by atoms with van der Waals surface area (Å²) in [6.45, 7) is 0.456. The number of benzene rings is 1. The van der Waals surface area contributed by atoms with E-state index in [1.54, 1.807) is 29.0 Å². The van der Waals surface area contributed by atoms with Crippen molar-refractivity contribution in [2.24, 2.45) is 0 Å². The van der Waals surface area contributed by atoms with Gasteiger partial charge in [0.2, 0.25) is 5.76 Å². The molecule has 3 rings (SSSR count). The van der Waals surface area contributed by atoms with Gasteiger partial charge in [0.15, 0.2) is 0 Å². The van der Waals surface area contributed by atoms with E-state index in [-0.39, 0.29) is 0 Å². The number of hydrogen-bond acceptors (Lipinski definition) is 5. The highest BCUT2D eigenvalue weighted by Crippen LogP contribution is 2.32. The number of anilines is 1. The quantitative estimate of drug-likeness (QED) is 0.791. The number of fused-ring (bicyclic) bond motifs is 1. The first kappa shape index (κ1) is 12.0. The molecule has 0 aliphatic rings. The van der Waals surface area contributed by atoms with Crippen molar-refractivity contribution in [1.29, 1.82) is 5.26 Å². The lowest BCUT2D eigenvalue weighted by Gasteiger charge is -2.07. The summed E-state index contributed by atoms with van der Waals surface area (Å²) in [6, 6.07) is 9.14. The second-order valence-corrected chi connectivity index (χ2v) is 5.15. The highest BCUT2D eigenvalue weighted by molar-refractivity contribution is 7.16. The van der Waals surface area contributed by atoms with Crippen LogP contribution in [0.5, 0.6) is 0 Å². The van der Waals surface area contributed by atoms with Gasteiger partial charge >= 0.3 is 0 Å². The molecule has 1 aromatic carbocycles. The lowest BCUT2D eigenvalue weighted by molar-refractivity contribution is 0.506. The Kier molecular flexibility index (Phi) is 3.11. The molecule has 2 heterocycles. The molecule has 6 heteroatoms. The van der Waals surface area contributed by atoms with Crippen molar-refractivity contribution in [2.75, 3.05) is 5.32 Å². The largest absolute Gasteiger partial charge is 0.449 e. The van der Waals surface area contributed by atoms with Gasteiger partial charge in [0.25, 0.3) is 0 Å². The third-order valence-corrected chi connectivity index (χ3v) is 3.77. The molecule has 19 heavy (non-hydrogen) atoms. The van der Waals surface area contributed by atoms with E-state index in [0.717, 1.165) is 15.9 Å². The monoisotopic (exact) mass is 289 g/mol. The fraction of sp³-hybridized carbons (Fsp3) is 0.0769. The minimum absolute atomic E-state index is 0.301. The van der Waals surface area contributed by atoms with Crippen molar-refractivity contribution < 1.29 is 4.42 Å². The Balaban J connectivity index is 1.87. The van der Waals surface area contributed by atoms with Crippen LogP contribution in [0.25, 0.3) is 10.2 Å². The van der Waals surface area contributed by atoms with Gasteiger partial charge in [-0.25, -0.2) is 4.98 Å². The van der Waals surface area contributed by atoms with E-state index in [1.807, 2.05) is 18.2 Å². The molecule has 0 unspecified atom stereocenters. The molecule has 0 aliphatic carbocycles. The Labute approximate surface area is 118 Å². The van der Waals surface area contributed by atoms with Gasteiger partial charge in [0, 0.05) is 0 Å². The number of halogens is 1. The summed E-state index contributed by atoms with van der Waals surface area (Å²) in [5.74, 6) is 0.981. The Morgan fingerprint density at radius 3 is 3.05 bits per heavy atom. The maximum atomic E-state index is 8.70. The van der Waals surface area contributed by atoms with Gasteiger partial charge in [-0.3, -0.25) is 0 Å². The topological polar surface area (TPSA) is 61.9 Å². The van der Waals surface area contributed by atoms with E-state index < -0.39 is 0 Å². The maximum absolute atomic E-state index is 8.70. The molecule has 0 saturated heterocycles. The molecule has 0 spiro atoms. The van der Waals surface area contributed by atoms with Crippen LogP contribution in [0.15, 0.2) is 34.2 Å². The molecule has 0 amide bonds. The number of hydrogen-bond donors (Lipinski definition) is 1. The molecule has 0 saturated carbocycles. The van der Waals surface area contributed by atoms with E-state index in [1.165, 1.54) is 0 Å². The maximum Gasteiger partial charge on any atom is 0.203 e. The number of rotatable bonds is 3.